The monoisotopic (exact) mass is 406 g/mol. The first kappa shape index (κ1) is 17.9. The Balaban J connectivity index is 1.80. The van der Waals surface area contributed by atoms with Gasteiger partial charge in [-0.25, -0.2) is 4.68 Å². The van der Waals surface area contributed by atoms with Crippen LogP contribution in [0.2, 0.25) is 5.02 Å². The van der Waals surface area contributed by atoms with Crippen molar-refractivity contribution in [2.75, 3.05) is 16.8 Å². The number of anilines is 2. The second kappa shape index (κ2) is 6.19. The fraction of sp³-hybridized carbons (Fsp3) is 0.227. The van der Waals surface area contributed by atoms with Gasteiger partial charge in [0, 0.05) is 29.2 Å². The van der Waals surface area contributed by atoms with E-state index in [0.29, 0.717) is 22.9 Å². The van der Waals surface area contributed by atoms with Crippen molar-refractivity contribution in [2.45, 2.75) is 25.7 Å². The molecule has 0 saturated heterocycles. The number of benzene rings is 2. The maximum Gasteiger partial charge on any atom is 0.242 e. The molecule has 5 rings (SSSR count). The van der Waals surface area contributed by atoms with Gasteiger partial charge in [-0.1, -0.05) is 29.8 Å². The second-order valence-electron chi connectivity index (χ2n) is 7.45. The van der Waals surface area contributed by atoms with Crippen LogP contribution < -0.4 is 10.2 Å². The predicted molar refractivity (Wildman–Crippen MR) is 112 cm³/mol. The summed E-state index contributed by atoms with van der Waals surface area (Å²) in [5, 5.41) is 8.04. The number of hydrogen-bond donors (Lipinski definition) is 1. The van der Waals surface area contributed by atoms with Crippen LogP contribution in [0, 0.1) is 6.92 Å². The molecule has 0 aliphatic carbocycles. The SMILES string of the molecule is CCN1C(=O)[C@@]2(CC(=O)Nc3c2cnn3-c2ccccc2C)c2cc(Cl)ccc21. The van der Waals surface area contributed by atoms with E-state index in [2.05, 4.69) is 10.4 Å². The van der Waals surface area contributed by atoms with Crippen molar-refractivity contribution in [3.05, 3.63) is 70.4 Å². The highest BCUT2D eigenvalue weighted by atomic mass is 35.5. The van der Waals surface area contributed by atoms with Gasteiger partial charge in [0.05, 0.1) is 11.9 Å². The summed E-state index contributed by atoms with van der Waals surface area (Å²) in [6, 6.07) is 13.2. The number of nitrogens with one attached hydrogen (secondary N) is 1. The zero-order valence-corrected chi connectivity index (χ0v) is 16.8. The standard InChI is InChI=1S/C22H19ClN4O2/c1-3-26-18-9-8-14(23)10-15(18)22(21(26)29)11-19(28)25-20-16(22)12-24-27(20)17-7-5-4-6-13(17)2/h4-10,12H,3,11H2,1-2H3,(H,25,28)/t22-/m0/s1. The third-order valence-electron chi connectivity index (χ3n) is 5.89. The number of para-hydroxylation sites is 1. The number of fused-ring (bicyclic) bond motifs is 4. The van der Waals surface area contributed by atoms with E-state index in [1.807, 2.05) is 44.2 Å². The van der Waals surface area contributed by atoms with Crippen molar-refractivity contribution < 1.29 is 9.59 Å². The van der Waals surface area contributed by atoms with E-state index in [1.54, 1.807) is 27.9 Å². The highest BCUT2D eigenvalue weighted by Crippen LogP contribution is 2.53. The number of likely N-dealkylation sites (N-methyl/N-ethyl adjacent to an activating group) is 1. The van der Waals surface area contributed by atoms with Crippen LogP contribution in [0.4, 0.5) is 11.5 Å². The van der Waals surface area contributed by atoms with E-state index in [1.165, 1.54) is 0 Å². The molecule has 1 spiro atoms. The minimum Gasteiger partial charge on any atom is -0.311 e. The molecule has 1 N–H and O–H groups in total. The molecule has 0 radical (unpaired) electrons. The van der Waals surface area contributed by atoms with Gasteiger partial charge >= 0.3 is 0 Å². The molecule has 0 unspecified atom stereocenters. The number of hydrogen-bond acceptors (Lipinski definition) is 3. The molecule has 3 heterocycles. The summed E-state index contributed by atoms with van der Waals surface area (Å²) < 4.78 is 1.70. The number of nitrogens with zero attached hydrogens (tertiary/aromatic N) is 3. The van der Waals surface area contributed by atoms with Crippen LogP contribution in [-0.4, -0.2) is 28.1 Å². The van der Waals surface area contributed by atoms with Crippen LogP contribution in [0.25, 0.3) is 5.69 Å². The average Bonchev–Trinajstić information content (AvgIpc) is 3.21. The van der Waals surface area contributed by atoms with E-state index in [4.69, 9.17) is 11.6 Å². The lowest BCUT2D eigenvalue weighted by molar-refractivity contribution is -0.126. The highest BCUT2D eigenvalue weighted by Gasteiger charge is 2.57. The summed E-state index contributed by atoms with van der Waals surface area (Å²) in [5.41, 5.74) is 3.02. The minimum absolute atomic E-state index is 0.0299. The van der Waals surface area contributed by atoms with Crippen LogP contribution >= 0.6 is 11.6 Å². The molecule has 1 atom stereocenters. The molecule has 1 aromatic heterocycles. The smallest absolute Gasteiger partial charge is 0.242 e. The Bertz CT molecular complexity index is 1190. The molecule has 2 aromatic carbocycles. The summed E-state index contributed by atoms with van der Waals surface area (Å²) in [6.07, 6.45) is 1.73. The molecule has 146 valence electrons. The third kappa shape index (κ3) is 2.32. The maximum atomic E-state index is 13.7. The number of amides is 2. The number of rotatable bonds is 2. The molecule has 2 aliphatic rings. The molecule has 0 bridgehead atoms. The van der Waals surface area contributed by atoms with Crippen LogP contribution in [0.1, 0.15) is 30.0 Å². The Hall–Kier alpha value is -3.12. The van der Waals surface area contributed by atoms with E-state index < -0.39 is 5.41 Å². The maximum absolute atomic E-state index is 13.7. The lowest BCUT2D eigenvalue weighted by atomic mass is 9.72. The van der Waals surface area contributed by atoms with E-state index in [0.717, 1.165) is 22.5 Å². The first-order valence-electron chi connectivity index (χ1n) is 9.53. The normalized spacial score (nSPS) is 20.0. The fourth-order valence-electron chi connectivity index (χ4n) is 4.56. The second-order valence-corrected chi connectivity index (χ2v) is 7.88. The Morgan fingerprint density at radius 2 is 1.93 bits per heavy atom. The fourth-order valence-corrected chi connectivity index (χ4v) is 4.73. The van der Waals surface area contributed by atoms with Crippen molar-refractivity contribution in [1.82, 2.24) is 9.78 Å². The van der Waals surface area contributed by atoms with Gasteiger partial charge in [0.1, 0.15) is 11.2 Å². The van der Waals surface area contributed by atoms with Crippen LogP contribution in [0.15, 0.2) is 48.7 Å². The zero-order valence-electron chi connectivity index (χ0n) is 16.1. The summed E-state index contributed by atoms with van der Waals surface area (Å²) in [6.45, 7) is 4.42. The Labute approximate surface area is 173 Å². The van der Waals surface area contributed by atoms with Gasteiger partial charge < -0.3 is 10.2 Å². The van der Waals surface area contributed by atoms with Crippen LogP contribution in [0.3, 0.4) is 0 Å². The Kier molecular flexibility index (Phi) is 3.83. The van der Waals surface area contributed by atoms with Gasteiger partial charge in [0.15, 0.2) is 0 Å². The number of aryl methyl sites for hydroxylation is 1. The summed E-state index contributed by atoms with van der Waals surface area (Å²) >= 11 is 6.30. The van der Waals surface area contributed by atoms with Crippen LogP contribution in [-0.2, 0) is 15.0 Å². The molecule has 3 aromatic rings. The summed E-state index contributed by atoms with van der Waals surface area (Å²) in [7, 11) is 0. The Morgan fingerprint density at radius 1 is 1.14 bits per heavy atom. The highest BCUT2D eigenvalue weighted by molar-refractivity contribution is 6.31. The largest absolute Gasteiger partial charge is 0.311 e. The Morgan fingerprint density at radius 3 is 2.69 bits per heavy atom. The number of aromatic nitrogens is 2. The van der Waals surface area contributed by atoms with E-state index >= 15 is 0 Å². The molecule has 0 saturated carbocycles. The van der Waals surface area contributed by atoms with Crippen molar-refractivity contribution in [1.29, 1.82) is 0 Å². The molecule has 29 heavy (non-hydrogen) atoms. The predicted octanol–water partition coefficient (Wildman–Crippen LogP) is 3.83. The minimum atomic E-state index is -1.12. The third-order valence-corrected chi connectivity index (χ3v) is 6.13. The van der Waals surface area contributed by atoms with Gasteiger partial charge in [-0.3, -0.25) is 9.59 Å². The molecule has 7 heteroatoms. The number of carbonyl (C=O) groups excluding carboxylic acids is 2. The van der Waals surface area contributed by atoms with Gasteiger partial charge in [-0.15, -0.1) is 0 Å². The molecular formula is C22H19ClN4O2. The summed E-state index contributed by atoms with van der Waals surface area (Å²) in [5.74, 6) is 0.204. The lowest BCUT2D eigenvalue weighted by Gasteiger charge is -2.32. The number of halogens is 1. The zero-order chi connectivity index (χ0) is 20.3. The first-order valence-corrected chi connectivity index (χ1v) is 9.91. The van der Waals surface area contributed by atoms with Crippen molar-refractivity contribution in [3.63, 3.8) is 0 Å². The van der Waals surface area contributed by atoms with Crippen molar-refractivity contribution in [3.8, 4) is 5.69 Å². The summed E-state index contributed by atoms with van der Waals surface area (Å²) in [4.78, 5) is 28.2. The molecule has 2 amide bonds. The lowest BCUT2D eigenvalue weighted by Crippen LogP contribution is -2.46. The van der Waals surface area contributed by atoms with Gasteiger partial charge in [0.2, 0.25) is 11.8 Å². The van der Waals surface area contributed by atoms with Gasteiger partial charge in [-0.2, -0.15) is 5.10 Å². The van der Waals surface area contributed by atoms with Gasteiger partial charge in [0.25, 0.3) is 0 Å². The first-order chi connectivity index (χ1) is 14.0. The van der Waals surface area contributed by atoms with Crippen LogP contribution in [0.5, 0.6) is 0 Å². The van der Waals surface area contributed by atoms with Gasteiger partial charge in [-0.05, 0) is 49.2 Å². The quantitative estimate of drug-likeness (QED) is 0.703. The molecule has 6 nitrogen and oxygen atoms in total. The molecule has 2 aliphatic heterocycles. The average molecular weight is 407 g/mol. The molecular weight excluding hydrogens is 388 g/mol. The molecule has 0 fully saturated rings. The topological polar surface area (TPSA) is 67.2 Å². The van der Waals surface area contributed by atoms with E-state index in [-0.39, 0.29) is 18.2 Å². The van der Waals surface area contributed by atoms with E-state index in [9.17, 15) is 9.59 Å². The van der Waals surface area contributed by atoms with Crippen molar-refractivity contribution >= 4 is 34.9 Å². The number of carbonyl (C=O) groups is 2. The van der Waals surface area contributed by atoms with Crippen molar-refractivity contribution in [2.24, 2.45) is 0 Å².